The average molecular weight is 707 g/mol. The average Bonchev–Trinajstić information content (AvgIpc) is 3.39. The van der Waals surface area contributed by atoms with Crippen LogP contribution < -0.4 is 0 Å². The van der Waals surface area contributed by atoms with Crippen LogP contribution in [-0.4, -0.2) is 28.4 Å². The van der Waals surface area contributed by atoms with E-state index in [1.165, 1.54) is 19.3 Å². The second-order valence-corrected chi connectivity index (χ2v) is 21.4. The molecule has 2 rings (SSSR count). The molecule has 2 unspecified atom stereocenters. The molecule has 2 aliphatic rings. The second kappa shape index (κ2) is 20.1. The maximum absolute atomic E-state index is 11.6. The molecule has 1 N–H and O–H groups in total. The summed E-state index contributed by atoms with van der Waals surface area (Å²) < 4.78 is 0. The van der Waals surface area contributed by atoms with E-state index >= 15 is 0 Å². The van der Waals surface area contributed by atoms with Crippen molar-refractivity contribution < 1.29 is 24.3 Å². The molecule has 0 amide bonds. The fraction of sp³-hybridized carbons (Fsp3) is 0.911. The number of carbonyl (C=O) groups is 4. The second-order valence-electron chi connectivity index (χ2n) is 21.4. The minimum atomic E-state index is -0.598. The van der Waals surface area contributed by atoms with Crippen LogP contribution in [-0.2, 0) is 19.2 Å². The highest BCUT2D eigenvalue weighted by Gasteiger charge is 2.41. The summed E-state index contributed by atoms with van der Waals surface area (Å²) in [5.41, 5.74) is 0.737. The highest BCUT2D eigenvalue weighted by molar-refractivity contribution is 5.83. The van der Waals surface area contributed by atoms with Crippen LogP contribution >= 0.6 is 0 Å². The summed E-state index contributed by atoms with van der Waals surface area (Å²) in [5.74, 6) is 0.715. The van der Waals surface area contributed by atoms with Gasteiger partial charge in [0.15, 0.2) is 0 Å². The first-order chi connectivity index (χ1) is 22.2. The molecule has 5 heteroatoms. The van der Waals surface area contributed by atoms with Crippen LogP contribution in [0.5, 0.6) is 0 Å². The van der Waals surface area contributed by atoms with Gasteiger partial charge in [-0.25, -0.2) is 0 Å². The van der Waals surface area contributed by atoms with Gasteiger partial charge in [-0.1, -0.05) is 136 Å². The van der Waals surface area contributed by atoms with Gasteiger partial charge in [0.1, 0.15) is 17.3 Å². The highest BCUT2D eigenvalue weighted by atomic mass is 16.4. The largest absolute Gasteiger partial charge is 0.481 e. The molecule has 0 heterocycles. The number of carbonyl (C=O) groups excluding carboxylic acids is 3. The van der Waals surface area contributed by atoms with E-state index in [0.717, 1.165) is 64.2 Å². The van der Waals surface area contributed by atoms with Gasteiger partial charge in [0.2, 0.25) is 0 Å². The number of hydrogen-bond acceptors (Lipinski definition) is 4. The number of aliphatic carboxylic acids is 1. The zero-order chi connectivity index (χ0) is 40.2. The first-order valence-electron chi connectivity index (χ1n) is 20.0. The van der Waals surface area contributed by atoms with E-state index in [9.17, 15) is 19.2 Å². The Hall–Kier alpha value is -1.52. The predicted molar refractivity (Wildman–Crippen MR) is 214 cm³/mol. The number of rotatable bonds is 9. The van der Waals surface area contributed by atoms with E-state index in [-0.39, 0.29) is 49.6 Å². The number of carboxylic acid groups (broad SMARTS) is 1. The number of Topliss-reactive ketones (excluding diaryl/α,β-unsaturated/α-hetero) is 3. The molecule has 2 saturated carbocycles. The fourth-order valence-corrected chi connectivity index (χ4v) is 8.77. The van der Waals surface area contributed by atoms with Gasteiger partial charge < -0.3 is 5.11 Å². The van der Waals surface area contributed by atoms with Crippen molar-refractivity contribution in [2.45, 2.75) is 215 Å². The monoisotopic (exact) mass is 707 g/mol. The molecule has 2 fully saturated rings. The molecule has 0 aliphatic heterocycles. The molecule has 0 radical (unpaired) electrons. The first kappa shape index (κ1) is 50.6. The Bertz CT molecular complexity index is 1010. The zero-order valence-corrected chi connectivity index (χ0v) is 36.9. The van der Waals surface area contributed by atoms with Crippen molar-refractivity contribution in [3.63, 3.8) is 0 Å². The van der Waals surface area contributed by atoms with E-state index in [0.29, 0.717) is 17.5 Å². The lowest BCUT2D eigenvalue weighted by atomic mass is 9.66. The molecule has 2 atom stereocenters. The molecular weight excluding hydrogens is 620 g/mol. The Kier molecular flexibility index (Phi) is 20.3. The molecule has 296 valence electrons. The Morgan fingerprint density at radius 2 is 1.02 bits per heavy atom. The molecule has 0 spiro atoms. The van der Waals surface area contributed by atoms with Crippen LogP contribution in [0, 0.1) is 49.7 Å². The van der Waals surface area contributed by atoms with Crippen LogP contribution in [0.15, 0.2) is 0 Å². The third-order valence-corrected chi connectivity index (χ3v) is 11.3. The van der Waals surface area contributed by atoms with Crippen LogP contribution in [0.1, 0.15) is 215 Å². The quantitative estimate of drug-likeness (QED) is 0.258. The van der Waals surface area contributed by atoms with E-state index in [1.807, 2.05) is 13.8 Å². The maximum atomic E-state index is 11.6. The topological polar surface area (TPSA) is 88.5 Å². The standard InChI is InChI=1S/C12H22O.C12H24O.C11H20O2.C10H20O/c1-10(13)12(7-5-6-8-12)9-11(2,3)4;1-7-12(8-2,10(3)13)9-11(4,5)6;1-11(2,3)9-7-5-4-6-8(9)10(12)13;1-8(11)10(5,6)7-9(2,3)4/h5-9H2,1-4H3;7-9H2,1-6H3;8-9H,4-7H2,1-3H3,(H,12,13);7H2,1-6H3. The van der Waals surface area contributed by atoms with Crippen LogP contribution in [0.4, 0.5) is 0 Å². The van der Waals surface area contributed by atoms with Crippen LogP contribution in [0.2, 0.25) is 0 Å². The van der Waals surface area contributed by atoms with Gasteiger partial charge in [-0.3, -0.25) is 19.2 Å². The van der Waals surface area contributed by atoms with Gasteiger partial charge >= 0.3 is 5.97 Å². The Balaban J connectivity index is 0. The van der Waals surface area contributed by atoms with E-state index < -0.39 is 5.97 Å². The molecule has 5 nitrogen and oxygen atoms in total. The van der Waals surface area contributed by atoms with Crippen molar-refractivity contribution >= 4 is 23.3 Å². The molecule has 0 aromatic heterocycles. The summed E-state index contributed by atoms with van der Waals surface area (Å²) in [6.45, 7) is 39.7. The lowest BCUT2D eigenvalue weighted by molar-refractivity contribution is -0.147. The third kappa shape index (κ3) is 19.4. The van der Waals surface area contributed by atoms with Crippen LogP contribution in [0.3, 0.4) is 0 Å². The first-order valence-corrected chi connectivity index (χ1v) is 20.0. The Morgan fingerprint density at radius 3 is 1.24 bits per heavy atom. The predicted octanol–water partition coefficient (Wildman–Crippen LogP) is 13.4. The lowest BCUT2D eigenvalue weighted by Crippen LogP contribution is -2.35. The van der Waals surface area contributed by atoms with Gasteiger partial charge in [0.25, 0.3) is 0 Å². The van der Waals surface area contributed by atoms with Crippen molar-refractivity contribution in [3.8, 4) is 0 Å². The van der Waals surface area contributed by atoms with E-state index in [4.69, 9.17) is 5.11 Å². The van der Waals surface area contributed by atoms with Gasteiger partial charge in [-0.05, 0) is 106 Å². The summed E-state index contributed by atoms with van der Waals surface area (Å²) in [7, 11) is 0. The smallest absolute Gasteiger partial charge is 0.306 e. The minimum absolute atomic E-state index is 0.0399. The number of carboxylic acids is 1. The molecular formula is C45H86O5. The Morgan fingerprint density at radius 1 is 0.600 bits per heavy atom. The molecule has 0 saturated heterocycles. The van der Waals surface area contributed by atoms with Crippen molar-refractivity contribution in [1.29, 1.82) is 0 Å². The van der Waals surface area contributed by atoms with Crippen molar-refractivity contribution in [2.75, 3.05) is 0 Å². The third-order valence-electron chi connectivity index (χ3n) is 11.3. The summed E-state index contributed by atoms with van der Waals surface area (Å²) in [6, 6.07) is 0. The van der Waals surface area contributed by atoms with Gasteiger partial charge in [-0.15, -0.1) is 0 Å². The van der Waals surface area contributed by atoms with Gasteiger partial charge in [-0.2, -0.15) is 0 Å². The minimum Gasteiger partial charge on any atom is -0.481 e. The molecule has 0 aromatic carbocycles. The molecule has 0 aromatic rings. The summed E-state index contributed by atoms with van der Waals surface area (Å²) >= 11 is 0. The van der Waals surface area contributed by atoms with Gasteiger partial charge in [0, 0.05) is 16.2 Å². The summed E-state index contributed by atoms with van der Waals surface area (Å²) in [6.07, 6.45) is 13.9. The van der Waals surface area contributed by atoms with E-state index in [2.05, 4.69) is 96.9 Å². The number of ketones is 3. The van der Waals surface area contributed by atoms with Crippen molar-refractivity contribution in [1.82, 2.24) is 0 Å². The SMILES string of the molecule is CC(=O)C(C)(C)CC(C)(C)C.CC(=O)C1(CC(C)(C)C)CCCC1.CC(C)(C)C1CCCCC1C(=O)O.CCC(CC)(CC(C)(C)C)C(C)=O. The normalized spacial score (nSPS) is 19.8. The molecule has 0 bridgehead atoms. The Labute approximate surface area is 311 Å². The fourth-order valence-electron chi connectivity index (χ4n) is 8.77. The highest BCUT2D eigenvalue weighted by Crippen LogP contribution is 2.47. The lowest BCUT2D eigenvalue weighted by Gasteiger charge is -2.38. The zero-order valence-electron chi connectivity index (χ0n) is 36.9. The number of hydrogen-bond donors (Lipinski definition) is 1. The van der Waals surface area contributed by atoms with Crippen LogP contribution in [0.25, 0.3) is 0 Å². The summed E-state index contributed by atoms with van der Waals surface area (Å²) in [4.78, 5) is 45.4. The molecule has 50 heavy (non-hydrogen) atoms. The van der Waals surface area contributed by atoms with Crippen molar-refractivity contribution in [2.24, 2.45) is 49.7 Å². The summed E-state index contributed by atoms with van der Waals surface area (Å²) in [5, 5.41) is 9.07. The van der Waals surface area contributed by atoms with E-state index in [1.54, 1.807) is 20.8 Å². The maximum Gasteiger partial charge on any atom is 0.306 e. The molecule has 2 aliphatic carbocycles. The van der Waals surface area contributed by atoms with Gasteiger partial charge in [0.05, 0.1) is 5.92 Å². The van der Waals surface area contributed by atoms with Crippen molar-refractivity contribution in [3.05, 3.63) is 0 Å².